The Labute approximate surface area is 171 Å². The molecule has 4 aromatic rings. The van der Waals surface area contributed by atoms with Crippen molar-refractivity contribution in [1.82, 2.24) is 19.9 Å². The van der Waals surface area contributed by atoms with Gasteiger partial charge in [-0.15, -0.1) is 0 Å². The van der Waals surface area contributed by atoms with Crippen LogP contribution >= 0.6 is 0 Å². The van der Waals surface area contributed by atoms with Gasteiger partial charge in [-0.3, -0.25) is 4.90 Å². The third kappa shape index (κ3) is 3.39. The predicted octanol–water partition coefficient (Wildman–Crippen LogP) is 5.06. The Balaban J connectivity index is 1.52. The van der Waals surface area contributed by atoms with Crippen LogP contribution in [-0.4, -0.2) is 26.4 Å². The van der Waals surface area contributed by atoms with Gasteiger partial charge in [-0.1, -0.05) is 29.8 Å². The summed E-state index contributed by atoms with van der Waals surface area (Å²) in [5.74, 6) is -1.06. The lowest BCUT2D eigenvalue weighted by molar-refractivity contribution is -0.145. The quantitative estimate of drug-likeness (QED) is 0.435. The predicted molar refractivity (Wildman–Crippen MR) is 109 cm³/mol. The van der Waals surface area contributed by atoms with E-state index in [4.69, 9.17) is 4.98 Å². The Morgan fingerprint density at radius 1 is 1.00 bits per heavy atom. The molecule has 7 heteroatoms. The van der Waals surface area contributed by atoms with Crippen molar-refractivity contribution in [2.45, 2.75) is 32.6 Å². The SMILES string of the molecule is Cc1ccc2nc3ccccc3c(CN3CCc4nc(C(F)(F)F)ncc4C3)c2c1. The van der Waals surface area contributed by atoms with Gasteiger partial charge in [0.2, 0.25) is 5.82 Å². The molecule has 30 heavy (non-hydrogen) atoms. The number of rotatable bonds is 2. The number of hydrogen-bond acceptors (Lipinski definition) is 4. The largest absolute Gasteiger partial charge is 0.451 e. The standard InChI is InChI=1S/C23H19F3N4/c1-14-6-7-21-17(10-14)18(16-4-2-3-5-20(16)28-21)13-30-9-8-19-15(12-30)11-27-22(29-19)23(24,25)26/h2-7,10-11H,8-9,12-13H2,1H3. The lowest BCUT2D eigenvalue weighted by atomic mass is 9.99. The highest BCUT2D eigenvalue weighted by atomic mass is 19.4. The van der Waals surface area contributed by atoms with Gasteiger partial charge in [0.05, 0.1) is 16.7 Å². The van der Waals surface area contributed by atoms with E-state index in [0.717, 1.165) is 32.9 Å². The number of pyridine rings is 1. The average Bonchev–Trinajstić information content (AvgIpc) is 2.73. The first-order valence-electron chi connectivity index (χ1n) is 9.81. The maximum absolute atomic E-state index is 12.9. The molecule has 0 spiro atoms. The van der Waals surface area contributed by atoms with E-state index in [0.29, 0.717) is 31.7 Å². The van der Waals surface area contributed by atoms with Crippen molar-refractivity contribution in [3.8, 4) is 0 Å². The van der Waals surface area contributed by atoms with Gasteiger partial charge in [-0.25, -0.2) is 15.0 Å². The Hall–Kier alpha value is -3.06. The smallest absolute Gasteiger partial charge is 0.294 e. The average molecular weight is 408 g/mol. The summed E-state index contributed by atoms with van der Waals surface area (Å²) in [5.41, 5.74) is 5.50. The molecule has 0 amide bonds. The Morgan fingerprint density at radius 2 is 1.80 bits per heavy atom. The number of nitrogens with zero attached hydrogens (tertiary/aromatic N) is 4. The molecule has 0 saturated carbocycles. The molecule has 0 fully saturated rings. The molecule has 0 saturated heterocycles. The normalized spacial score (nSPS) is 14.9. The fraction of sp³-hybridized carbons (Fsp3) is 0.261. The topological polar surface area (TPSA) is 41.9 Å². The van der Waals surface area contributed by atoms with Crippen LogP contribution in [0.15, 0.2) is 48.7 Å². The summed E-state index contributed by atoms with van der Waals surface area (Å²) in [6, 6.07) is 14.3. The van der Waals surface area contributed by atoms with Crippen LogP contribution in [0, 0.1) is 6.92 Å². The number of fused-ring (bicyclic) bond motifs is 3. The van der Waals surface area contributed by atoms with Gasteiger partial charge in [0.1, 0.15) is 0 Å². The van der Waals surface area contributed by atoms with Crippen LogP contribution in [-0.2, 0) is 25.7 Å². The molecule has 0 radical (unpaired) electrons. The molecule has 1 aliphatic heterocycles. The number of hydrogen-bond donors (Lipinski definition) is 0. The molecule has 0 N–H and O–H groups in total. The van der Waals surface area contributed by atoms with Crippen molar-refractivity contribution in [3.63, 3.8) is 0 Å². The zero-order valence-corrected chi connectivity index (χ0v) is 16.4. The number of aromatic nitrogens is 3. The van der Waals surface area contributed by atoms with Crippen molar-refractivity contribution in [1.29, 1.82) is 0 Å². The Kier molecular flexibility index (Phi) is 4.43. The van der Waals surface area contributed by atoms with Crippen molar-refractivity contribution in [3.05, 3.63) is 76.9 Å². The number of benzene rings is 2. The van der Waals surface area contributed by atoms with E-state index in [1.165, 1.54) is 11.8 Å². The number of halogens is 3. The summed E-state index contributed by atoms with van der Waals surface area (Å²) in [7, 11) is 0. The van der Waals surface area contributed by atoms with Gasteiger partial charge in [-0.05, 0) is 30.7 Å². The van der Waals surface area contributed by atoms with Crippen LogP contribution in [0.5, 0.6) is 0 Å². The van der Waals surface area contributed by atoms with Crippen LogP contribution in [0.3, 0.4) is 0 Å². The monoisotopic (exact) mass is 408 g/mol. The highest BCUT2D eigenvalue weighted by Crippen LogP contribution is 2.31. The molecule has 0 unspecified atom stereocenters. The number of aryl methyl sites for hydroxylation is 1. The van der Waals surface area contributed by atoms with Gasteiger partial charge in [0.25, 0.3) is 0 Å². The zero-order valence-electron chi connectivity index (χ0n) is 16.4. The van der Waals surface area contributed by atoms with Gasteiger partial charge < -0.3 is 0 Å². The second-order valence-corrected chi connectivity index (χ2v) is 7.75. The molecular weight excluding hydrogens is 389 g/mol. The second kappa shape index (κ2) is 7.02. The lowest BCUT2D eigenvalue weighted by Gasteiger charge is -2.29. The minimum absolute atomic E-state index is 0.473. The van der Waals surface area contributed by atoms with Gasteiger partial charge in [0.15, 0.2) is 0 Å². The highest BCUT2D eigenvalue weighted by Gasteiger charge is 2.35. The molecule has 1 aliphatic rings. The minimum Gasteiger partial charge on any atom is -0.294 e. The summed E-state index contributed by atoms with van der Waals surface area (Å²) < 4.78 is 38.7. The van der Waals surface area contributed by atoms with E-state index in [1.54, 1.807) is 0 Å². The van der Waals surface area contributed by atoms with E-state index >= 15 is 0 Å². The van der Waals surface area contributed by atoms with Crippen molar-refractivity contribution >= 4 is 21.8 Å². The van der Waals surface area contributed by atoms with E-state index in [-0.39, 0.29) is 0 Å². The maximum atomic E-state index is 12.9. The molecule has 2 aromatic carbocycles. The molecular formula is C23H19F3N4. The molecule has 5 rings (SSSR count). The van der Waals surface area contributed by atoms with Gasteiger partial charge >= 0.3 is 6.18 Å². The molecule has 0 aliphatic carbocycles. The van der Waals surface area contributed by atoms with Crippen molar-refractivity contribution in [2.75, 3.05) is 6.54 Å². The molecule has 0 bridgehead atoms. The third-order valence-electron chi connectivity index (χ3n) is 5.60. The van der Waals surface area contributed by atoms with Crippen LogP contribution < -0.4 is 0 Å². The fourth-order valence-electron chi connectivity index (χ4n) is 4.13. The Morgan fingerprint density at radius 3 is 2.63 bits per heavy atom. The van der Waals surface area contributed by atoms with Crippen LogP contribution in [0.2, 0.25) is 0 Å². The van der Waals surface area contributed by atoms with Crippen molar-refractivity contribution < 1.29 is 13.2 Å². The van der Waals surface area contributed by atoms with Crippen LogP contribution in [0.4, 0.5) is 13.2 Å². The summed E-state index contributed by atoms with van der Waals surface area (Å²) in [6.45, 7) is 3.91. The molecule has 4 nitrogen and oxygen atoms in total. The second-order valence-electron chi connectivity index (χ2n) is 7.75. The first-order valence-corrected chi connectivity index (χ1v) is 9.81. The van der Waals surface area contributed by atoms with E-state index in [9.17, 15) is 13.2 Å². The number of alkyl halides is 3. The first kappa shape index (κ1) is 18.9. The summed E-state index contributed by atoms with van der Waals surface area (Å²) in [6.07, 6.45) is -2.72. The summed E-state index contributed by atoms with van der Waals surface area (Å²) in [4.78, 5) is 14.3. The van der Waals surface area contributed by atoms with Crippen LogP contribution in [0.25, 0.3) is 21.8 Å². The number of para-hydroxylation sites is 1. The van der Waals surface area contributed by atoms with Gasteiger partial charge in [0, 0.05) is 48.6 Å². The Bertz CT molecular complexity index is 1270. The molecule has 0 atom stereocenters. The fourth-order valence-corrected chi connectivity index (χ4v) is 4.13. The van der Waals surface area contributed by atoms with E-state index in [2.05, 4.69) is 40.0 Å². The van der Waals surface area contributed by atoms with E-state index in [1.807, 2.05) is 24.3 Å². The summed E-state index contributed by atoms with van der Waals surface area (Å²) in [5, 5.41) is 2.22. The zero-order chi connectivity index (χ0) is 20.9. The van der Waals surface area contributed by atoms with E-state index < -0.39 is 12.0 Å². The highest BCUT2D eigenvalue weighted by molar-refractivity contribution is 5.97. The van der Waals surface area contributed by atoms with Crippen LogP contribution in [0.1, 0.15) is 28.2 Å². The molecule has 3 heterocycles. The first-order chi connectivity index (χ1) is 14.4. The maximum Gasteiger partial charge on any atom is 0.451 e. The lowest BCUT2D eigenvalue weighted by Crippen LogP contribution is -2.31. The van der Waals surface area contributed by atoms with Crippen molar-refractivity contribution in [2.24, 2.45) is 0 Å². The third-order valence-corrected chi connectivity index (χ3v) is 5.60. The molecule has 152 valence electrons. The summed E-state index contributed by atoms with van der Waals surface area (Å²) >= 11 is 0. The molecule has 2 aromatic heterocycles. The van der Waals surface area contributed by atoms with Gasteiger partial charge in [-0.2, -0.15) is 13.2 Å². The minimum atomic E-state index is -4.51.